The van der Waals surface area contributed by atoms with E-state index < -0.39 is 0 Å². The SMILES string of the molecule is CCCc1ccc(Cc2ccc(-c3ccc(Br)cc3)cc2)cc1. The first-order valence-electron chi connectivity index (χ1n) is 8.17. The average molecular weight is 365 g/mol. The van der Waals surface area contributed by atoms with Gasteiger partial charge in [-0.2, -0.15) is 0 Å². The van der Waals surface area contributed by atoms with Crippen LogP contribution in [0.5, 0.6) is 0 Å². The molecule has 0 spiro atoms. The summed E-state index contributed by atoms with van der Waals surface area (Å²) in [6, 6.07) is 26.4. The highest BCUT2D eigenvalue weighted by atomic mass is 79.9. The average Bonchev–Trinajstić information content (AvgIpc) is 2.58. The fraction of sp³-hybridized carbons (Fsp3) is 0.182. The standard InChI is InChI=1S/C22H21Br/c1-2-3-17-4-6-18(7-5-17)16-19-8-10-20(11-9-19)21-12-14-22(23)15-13-21/h4-15H,2-3,16H2,1H3. The third-order valence-electron chi connectivity index (χ3n) is 4.10. The molecule has 0 aliphatic rings. The molecule has 0 radical (unpaired) electrons. The quantitative estimate of drug-likeness (QED) is 0.474. The zero-order valence-corrected chi connectivity index (χ0v) is 15.0. The molecule has 116 valence electrons. The molecule has 0 fully saturated rings. The Morgan fingerprint density at radius 3 is 1.57 bits per heavy atom. The van der Waals surface area contributed by atoms with Gasteiger partial charge in [0, 0.05) is 4.47 Å². The summed E-state index contributed by atoms with van der Waals surface area (Å²) >= 11 is 3.48. The van der Waals surface area contributed by atoms with Crippen LogP contribution in [0.3, 0.4) is 0 Å². The Morgan fingerprint density at radius 1 is 0.609 bits per heavy atom. The predicted octanol–water partition coefficient (Wildman–Crippen LogP) is 6.66. The van der Waals surface area contributed by atoms with Crippen LogP contribution in [0.15, 0.2) is 77.3 Å². The van der Waals surface area contributed by atoms with Crippen molar-refractivity contribution in [2.75, 3.05) is 0 Å². The van der Waals surface area contributed by atoms with E-state index in [1.165, 1.54) is 40.7 Å². The summed E-state index contributed by atoms with van der Waals surface area (Å²) in [6.45, 7) is 2.22. The van der Waals surface area contributed by atoms with Crippen molar-refractivity contribution in [1.82, 2.24) is 0 Å². The lowest BCUT2D eigenvalue weighted by atomic mass is 9.99. The van der Waals surface area contributed by atoms with Crippen molar-refractivity contribution in [3.63, 3.8) is 0 Å². The Balaban J connectivity index is 1.70. The van der Waals surface area contributed by atoms with E-state index in [0.29, 0.717) is 0 Å². The summed E-state index contributed by atoms with van der Waals surface area (Å²) in [5, 5.41) is 0. The topological polar surface area (TPSA) is 0 Å². The Kier molecular flexibility index (Phi) is 5.30. The van der Waals surface area contributed by atoms with E-state index in [9.17, 15) is 0 Å². The van der Waals surface area contributed by atoms with Gasteiger partial charge >= 0.3 is 0 Å². The number of hydrogen-bond donors (Lipinski definition) is 0. The predicted molar refractivity (Wildman–Crippen MR) is 103 cm³/mol. The van der Waals surface area contributed by atoms with Crippen LogP contribution in [0, 0.1) is 0 Å². The van der Waals surface area contributed by atoms with Crippen molar-refractivity contribution >= 4 is 15.9 Å². The number of rotatable bonds is 5. The minimum absolute atomic E-state index is 0.993. The van der Waals surface area contributed by atoms with Crippen LogP contribution in [0.1, 0.15) is 30.0 Å². The second kappa shape index (κ2) is 7.61. The summed E-state index contributed by atoms with van der Waals surface area (Å²) in [7, 11) is 0. The molecule has 0 nitrogen and oxygen atoms in total. The van der Waals surface area contributed by atoms with E-state index in [1.807, 2.05) is 0 Å². The lowest BCUT2D eigenvalue weighted by molar-refractivity contribution is 0.920. The van der Waals surface area contributed by atoms with Crippen molar-refractivity contribution in [2.24, 2.45) is 0 Å². The fourth-order valence-electron chi connectivity index (χ4n) is 2.81. The van der Waals surface area contributed by atoms with E-state index in [4.69, 9.17) is 0 Å². The monoisotopic (exact) mass is 364 g/mol. The van der Waals surface area contributed by atoms with Crippen LogP contribution in [0.4, 0.5) is 0 Å². The van der Waals surface area contributed by atoms with E-state index >= 15 is 0 Å². The highest BCUT2D eigenvalue weighted by Crippen LogP contribution is 2.23. The largest absolute Gasteiger partial charge is 0.0651 e. The lowest BCUT2D eigenvalue weighted by Gasteiger charge is -2.06. The minimum Gasteiger partial charge on any atom is -0.0651 e. The molecule has 23 heavy (non-hydrogen) atoms. The van der Waals surface area contributed by atoms with E-state index in [-0.39, 0.29) is 0 Å². The van der Waals surface area contributed by atoms with Gasteiger partial charge in [0.2, 0.25) is 0 Å². The third-order valence-corrected chi connectivity index (χ3v) is 4.63. The van der Waals surface area contributed by atoms with Crippen LogP contribution >= 0.6 is 15.9 Å². The van der Waals surface area contributed by atoms with Crippen molar-refractivity contribution < 1.29 is 0 Å². The highest BCUT2D eigenvalue weighted by Gasteiger charge is 2.00. The smallest absolute Gasteiger partial charge is 0.0175 e. The molecule has 0 heterocycles. The van der Waals surface area contributed by atoms with Crippen LogP contribution < -0.4 is 0 Å². The molecular formula is C22H21Br. The molecule has 0 unspecified atom stereocenters. The van der Waals surface area contributed by atoms with Gasteiger partial charge in [-0.05, 0) is 52.8 Å². The molecule has 0 saturated carbocycles. The lowest BCUT2D eigenvalue weighted by Crippen LogP contribution is -1.90. The molecule has 1 heteroatoms. The molecule has 0 N–H and O–H groups in total. The Labute approximate surface area is 147 Å². The molecule has 0 atom stereocenters. The molecule has 3 aromatic rings. The summed E-state index contributed by atoms with van der Waals surface area (Å²) < 4.78 is 1.12. The molecule has 0 amide bonds. The van der Waals surface area contributed by atoms with Gasteiger partial charge in [0.25, 0.3) is 0 Å². The highest BCUT2D eigenvalue weighted by molar-refractivity contribution is 9.10. The Morgan fingerprint density at radius 2 is 1.04 bits per heavy atom. The second-order valence-corrected chi connectivity index (χ2v) is 6.86. The van der Waals surface area contributed by atoms with Crippen LogP contribution in [0.2, 0.25) is 0 Å². The number of halogens is 1. The van der Waals surface area contributed by atoms with E-state index in [0.717, 1.165) is 10.9 Å². The zero-order valence-electron chi connectivity index (χ0n) is 13.4. The van der Waals surface area contributed by atoms with Gasteiger partial charge in [0.1, 0.15) is 0 Å². The molecule has 0 aromatic heterocycles. The molecule has 0 aliphatic heterocycles. The maximum Gasteiger partial charge on any atom is 0.0175 e. The maximum atomic E-state index is 3.48. The molecule has 0 bridgehead atoms. The fourth-order valence-corrected chi connectivity index (χ4v) is 3.07. The second-order valence-electron chi connectivity index (χ2n) is 5.95. The van der Waals surface area contributed by atoms with Crippen LogP contribution in [-0.4, -0.2) is 0 Å². The third kappa shape index (κ3) is 4.33. The normalized spacial score (nSPS) is 10.7. The first kappa shape index (κ1) is 16.0. The van der Waals surface area contributed by atoms with Gasteiger partial charge in [0.05, 0.1) is 0 Å². The van der Waals surface area contributed by atoms with Gasteiger partial charge in [-0.15, -0.1) is 0 Å². The van der Waals surface area contributed by atoms with Crippen LogP contribution in [-0.2, 0) is 12.8 Å². The maximum absolute atomic E-state index is 3.48. The van der Waals surface area contributed by atoms with Gasteiger partial charge in [-0.3, -0.25) is 0 Å². The summed E-state index contributed by atoms with van der Waals surface area (Å²) in [6.07, 6.45) is 3.37. The van der Waals surface area contributed by atoms with Gasteiger partial charge in [-0.25, -0.2) is 0 Å². The van der Waals surface area contributed by atoms with E-state index in [1.54, 1.807) is 0 Å². The number of hydrogen-bond acceptors (Lipinski definition) is 0. The van der Waals surface area contributed by atoms with Crippen LogP contribution in [0.25, 0.3) is 11.1 Å². The number of benzene rings is 3. The Bertz CT molecular complexity index is 737. The zero-order chi connectivity index (χ0) is 16.1. The van der Waals surface area contributed by atoms with Crippen molar-refractivity contribution in [2.45, 2.75) is 26.2 Å². The number of aryl methyl sites for hydroxylation is 1. The molecule has 0 saturated heterocycles. The van der Waals surface area contributed by atoms with Gasteiger partial charge in [0.15, 0.2) is 0 Å². The molecule has 0 aliphatic carbocycles. The van der Waals surface area contributed by atoms with Gasteiger partial charge < -0.3 is 0 Å². The molecule has 3 aromatic carbocycles. The summed E-state index contributed by atoms with van der Waals surface area (Å²) in [4.78, 5) is 0. The first-order valence-corrected chi connectivity index (χ1v) is 8.96. The van der Waals surface area contributed by atoms with Crippen molar-refractivity contribution in [3.05, 3.63) is 94.0 Å². The molecule has 3 rings (SSSR count). The molecular weight excluding hydrogens is 344 g/mol. The first-order chi connectivity index (χ1) is 11.2. The Hall–Kier alpha value is -1.86. The minimum atomic E-state index is 0.993. The van der Waals surface area contributed by atoms with Crippen molar-refractivity contribution in [1.29, 1.82) is 0 Å². The van der Waals surface area contributed by atoms with Gasteiger partial charge in [-0.1, -0.05) is 89.9 Å². The van der Waals surface area contributed by atoms with Crippen molar-refractivity contribution in [3.8, 4) is 11.1 Å². The summed E-state index contributed by atoms with van der Waals surface area (Å²) in [5.74, 6) is 0. The van der Waals surface area contributed by atoms with E-state index in [2.05, 4.69) is 95.7 Å². The summed E-state index contributed by atoms with van der Waals surface area (Å²) in [5.41, 5.74) is 6.68.